The number of alkyl halides is 3. The summed E-state index contributed by atoms with van der Waals surface area (Å²) in [5, 5.41) is 2.73. The molecule has 1 rings (SSSR count). The Bertz CT molecular complexity index is 597. The van der Waals surface area contributed by atoms with E-state index in [4.69, 9.17) is 4.74 Å². The number of amides is 1. The molecule has 0 aliphatic carbocycles. The summed E-state index contributed by atoms with van der Waals surface area (Å²) in [6, 6.07) is 4.83. The molecule has 0 bridgehead atoms. The zero-order chi connectivity index (χ0) is 21.5. The van der Waals surface area contributed by atoms with Gasteiger partial charge in [-0.15, -0.1) is 0 Å². The quantitative estimate of drug-likeness (QED) is 0.282. The van der Waals surface area contributed by atoms with Gasteiger partial charge in [0.15, 0.2) is 0 Å². The van der Waals surface area contributed by atoms with Crippen molar-refractivity contribution in [2.75, 3.05) is 7.11 Å². The topological polar surface area (TPSA) is 38.3 Å². The molecule has 1 atom stereocenters. The molecule has 0 saturated carbocycles. The highest BCUT2D eigenvalue weighted by Crippen LogP contribution is 2.29. The third-order valence-electron chi connectivity index (χ3n) is 4.84. The van der Waals surface area contributed by atoms with E-state index in [0.717, 1.165) is 25.0 Å². The van der Waals surface area contributed by atoms with Crippen LogP contribution in [0.15, 0.2) is 36.4 Å². The minimum Gasteiger partial charge on any atom is -0.381 e. The highest BCUT2D eigenvalue weighted by molar-refractivity contribution is 5.75. The van der Waals surface area contributed by atoms with Gasteiger partial charge in [0.2, 0.25) is 5.91 Å². The highest BCUT2D eigenvalue weighted by Gasteiger charge is 2.29. The van der Waals surface area contributed by atoms with Crippen LogP contribution in [0.2, 0.25) is 0 Å². The number of carbonyl (C=O) groups is 1. The van der Waals surface area contributed by atoms with Crippen LogP contribution in [-0.2, 0) is 22.3 Å². The average molecular weight is 414 g/mol. The molecule has 1 aromatic rings. The van der Waals surface area contributed by atoms with Crippen LogP contribution in [0.1, 0.15) is 75.8 Å². The molecule has 1 aromatic carbocycles. The van der Waals surface area contributed by atoms with E-state index in [1.165, 1.54) is 44.2 Å². The van der Waals surface area contributed by atoms with Crippen molar-refractivity contribution in [2.24, 2.45) is 0 Å². The van der Waals surface area contributed by atoms with Gasteiger partial charge in [0.25, 0.3) is 0 Å². The molecule has 1 amide bonds. The highest BCUT2D eigenvalue weighted by atomic mass is 19.4. The Morgan fingerprint density at radius 3 is 2.41 bits per heavy atom. The van der Waals surface area contributed by atoms with Crippen LogP contribution < -0.4 is 5.32 Å². The van der Waals surface area contributed by atoms with E-state index in [1.54, 1.807) is 7.11 Å². The SMILES string of the molecule is CCCCCCC[C@@H](C/C=C/CCC(=O)NCc1ccc(C(F)(F)F)cc1)OC. The van der Waals surface area contributed by atoms with E-state index in [1.807, 2.05) is 6.08 Å². The van der Waals surface area contributed by atoms with Crippen LogP contribution in [0, 0.1) is 0 Å². The van der Waals surface area contributed by atoms with Crippen LogP contribution in [0.5, 0.6) is 0 Å². The molecular formula is C23H34F3NO2. The standard InChI is InChI=1S/C23H34F3NO2/c1-3-4-5-6-8-11-21(29-2)12-9-7-10-13-22(28)27-18-19-14-16-20(17-15-19)23(24,25)26/h7,9,14-17,21H,3-6,8,10-13,18H2,1-2H3,(H,27,28)/b9-7+/t21-/m0/s1. The summed E-state index contributed by atoms with van der Waals surface area (Å²) in [5.41, 5.74) is -0.0446. The molecule has 0 aliphatic rings. The van der Waals surface area contributed by atoms with Crippen LogP contribution in [0.4, 0.5) is 13.2 Å². The summed E-state index contributed by atoms with van der Waals surface area (Å²) in [7, 11) is 1.74. The Labute approximate surface area is 172 Å². The van der Waals surface area contributed by atoms with Gasteiger partial charge in [0.1, 0.15) is 0 Å². The van der Waals surface area contributed by atoms with Gasteiger partial charge in [0, 0.05) is 20.1 Å². The second kappa shape index (κ2) is 14.2. The van der Waals surface area contributed by atoms with Gasteiger partial charge in [-0.1, -0.05) is 63.3 Å². The predicted octanol–water partition coefficient (Wildman–Crippen LogP) is 6.42. The number of carbonyl (C=O) groups excluding carboxylic acids is 1. The number of hydrogen-bond acceptors (Lipinski definition) is 2. The Kier molecular flexibility index (Phi) is 12.4. The summed E-state index contributed by atoms with van der Waals surface area (Å²) in [4.78, 5) is 11.9. The van der Waals surface area contributed by atoms with Crippen LogP contribution in [0.3, 0.4) is 0 Å². The van der Waals surface area contributed by atoms with Gasteiger partial charge in [-0.2, -0.15) is 13.2 Å². The first-order valence-corrected chi connectivity index (χ1v) is 10.5. The summed E-state index contributed by atoms with van der Waals surface area (Å²) < 4.78 is 43.1. The summed E-state index contributed by atoms with van der Waals surface area (Å²) in [5.74, 6) is -0.117. The fourth-order valence-corrected chi connectivity index (χ4v) is 2.99. The molecule has 0 unspecified atom stereocenters. The second-order valence-electron chi connectivity index (χ2n) is 7.28. The molecule has 0 radical (unpaired) electrons. The monoisotopic (exact) mass is 413 g/mol. The lowest BCUT2D eigenvalue weighted by atomic mass is 10.1. The third kappa shape index (κ3) is 11.7. The smallest absolute Gasteiger partial charge is 0.381 e. The minimum atomic E-state index is -4.34. The molecule has 0 fully saturated rings. The van der Waals surface area contributed by atoms with Gasteiger partial charge < -0.3 is 10.1 Å². The Morgan fingerprint density at radius 2 is 1.79 bits per heavy atom. The van der Waals surface area contributed by atoms with Gasteiger partial charge in [-0.3, -0.25) is 4.79 Å². The maximum atomic E-state index is 12.5. The van der Waals surface area contributed by atoms with E-state index >= 15 is 0 Å². The van der Waals surface area contributed by atoms with Crippen LogP contribution in [0.25, 0.3) is 0 Å². The summed E-state index contributed by atoms with van der Waals surface area (Å²) >= 11 is 0. The molecule has 0 saturated heterocycles. The molecule has 164 valence electrons. The van der Waals surface area contributed by atoms with Crippen LogP contribution in [-0.4, -0.2) is 19.1 Å². The lowest BCUT2D eigenvalue weighted by molar-refractivity contribution is -0.137. The van der Waals surface area contributed by atoms with Crippen molar-refractivity contribution in [3.63, 3.8) is 0 Å². The molecule has 0 spiro atoms. The number of methoxy groups -OCH3 is 1. The predicted molar refractivity (Wildman–Crippen MR) is 110 cm³/mol. The summed E-state index contributed by atoms with van der Waals surface area (Å²) in [6.45, 7) is 2.43. The zero-order valence-corrected chi connectivity index (χ0v) is 17.6. The maximum Gasteiger partial charge on any atom is 0.416 e. The Hall–Kier alpha value is -1.82. The number of rotatable bonds is 14. The van der Waals surface area contributed by atoms with E-state index in [0.29, 0.717) is 18.4 Å². The minimum absolute atomic E-state index is 0.117. The molecule has 0 aromatic heterocycles. The van der Waals surface area contributed by atoms with Gasteiger partial charge in [-0.05, 0) is 37.0 Å². The summed E-state index contributed by atoms with van der Waals surface area (Å²) in [6.07, 6.45) is 9.05. The number of allylic oxidation sites excluding steroid dienone is 1. The number of ether oxygens (including phenoxy) is 1. The fraction of sp³-hybridized carbons (Fsp3) is 0.609. The van der Waals surface area contributed by atoms with Gasteiger partial charge >= 0.3 is 6.18 Å². The third-order valence-corrected chi connectivity index (χ3v) is 4.84. The van der Waals surface area contributed by atoms with Crippen molar-refractivity contribution in [3.05, 3.63) is 47.5 Å². The lowest BCUT2D eigenvalue weighted by Gasteiger charge is -2.12. The fourth-order valence-electron chi connectivity index (χ4n) is 2.99. The molecule has 3 nitrogen and oxygen atoms in total. The Balaban J connectivity index is 2.19. The normalized spacial score (nSPS) is 13.0. The molecule has 1 N–H and O–H groups in total. The van der Waals surface area contributed by atoms with Crippen molar-refractivity contribution in [1.82, 2.24) is 5.32 Å². The van der Waals surface area contributed by atoms with Gasteiger partial charge in [0.05, 0.1) is 11.7 Å². The average Bonchev–Trinajstić information content (AvgIpc) is 2.70. The van der Waals surface area contributed by atoms with Crippen molar-refractivity contribution in [1.29, 1.82) is 0 Å². The zero-order valence-electron chi connectivity index (χ0n) is 17.6. The van der Waals surface area contributed by atoms with E-state index in [2.05, 4.69) is 18.3 Å². The number of halogens is 3. The van der Waals surface area contributed by atoms with E-state index in [-0.39, 0.29) is 18.6 Å². The molecule has 0 heterocycles. The van der Waals surface area contributed by atoms with Crippen molar-refractivity contribution >= 4 is 5.91 Å². The molecule has 6 heteroatoms. The van der Waals surface area contributed by atoms with Crippen LogP contribution >= 0.6 is 0 Å². The first kappa shape index (κ1) is 25.2. The first-order chi connectivity index (χ1) is 13.9. The number of nitrogens with one attached hydrogen (secondary N) is 1. The van der Waals surface area contributed by atoms with Crippen molar-refractivity contribution in [3.8, 4) is 0 Å². The molecule has 29 heavy (non-hydrogen) atoms. The lowest BCUT2D eigenvalue weighted by Crippen LogP contribution is -2.22. The van der Waals surface area contributed by atoms with E-state index in [9.17, 15) is 18.0 Å². The second-order valence-corrected chi connectivity index (χ2v) is 7.28. The van der Waals surface area contributed by atoms with E-state index < -0.39 is 11.7 Å². The molecular weight excluding hydrogens is 379 g/mol. The van der Waals surface area contributed by atoms with Crippen molar-refractivity contribution < 1.29 is 22.7 Å². The van der Waals surface area contributed by atoms with Gasteiger partial charge in [-0.25, -0.2) is 0 Å². The number of unbranched alkanes of at least 4 members (excludes halogenated alkanes) is 4. The maximum absolute atomic E-state index is 12.5. The van der Waals surface area contributed by atoms with Crippen molar-refractivity contribution in [2.45, 2.75) is 83.5 Å². The molecule has 0 aliphatic heterocycles. The number of hydrogen-bond donors (Lipinski definition) is 1. The number of benzene rings is 1. The Morgan fingerprint density at radius 1 is 1.10 bits per heavy atom. The first-order valence-electron chi connectivity index (χ1n) is 10.5. The largest absolute Gasteiger partial charge is 0.416 e.